The van der Waals surface area contributed by atoms with Crippen LogP contribution < -0.4 is 0 Å². The third-order valence-electron chi connectivity index (χ3n) is 3.44. The SMILES string of the molecule is CCOC(=O)C1(Cc2ccc(Cl)cc2)COCCC1=O. The molecule has 0 radical (unpaired) electrons. The topological polar surface area (TPSA) is 52.6 Å². The molecule has 1 saturated heterocycles. The van der Waals surface area contributed by atoms with Gasteiger partial charge in [0.25, 0.3) is 0 Å². The summed E-state index contributed by atoms with van der Waals surface area (Å²) < 4.78 is 10.5. The standard InChI is InChI=1S/C15H17ClO4/c1-2-20-14(18)15(10-19-8-7-13(15)17)9-11-3-5-12(16)6-4-11/h3-6H,2,7-10H2,1H3. The van der Waals surface area contributed by atoms with Crippen molar-refractivity contribution in [2.75, 3.05) is 19.8 Å². The van der Waals surface area contributed by atoms with Crippen LogP contribution in [0.5, 0.6) is 0 Å². The fourth-order valence-electron chi connectivity index (χ4n) is 2.35. The van der Waals surface area contributed by atoms with Crippen LogP contribution in [0.25, 0.3) is 0 Å². The molecule has 1 atom stereocenters. The Hall–Kier alpha value is -1.39. The lowest BCUT2D eigenvalue weighted by atomic mass is 9.76. The van der Waals surface area contributed by atoms with E-state index >= 15 is 0 Å². The van der Waals surface area contributed by atoms with E-state index < -0.39 is 11.4 Å². The molecule has 1 fully saturated rings. The molecule has 0 spiro atoms. The number of carbonyl (C=O) groups excluding carboxylic acids is 2. The van der Waals surface area contributed by atoms with E-state index in [0.29, 0.717) is 11.6 Å². The largest absolute Gasteiger partial charge is 0.465 e. The summed E-state index contributed by atoms with van der Waals surface area (Å²) in [5, 5.41) is 0.616. The van der Waals surface area contributed by atoms with Gasteiger partial charge in [-0.25, -0.2) is 0 Å². The summed E-state index contributed by atoms with van der Waals surface area (Å²) in [6.45, 7) is 2.41. The van der Waals surface area contributed by atoms with Gasteiger partial charge in [0.05, 0.1) is 19.8 Å². The number of ketones is 1. The van der Waals surface area contributed by atoms with Crippen molar-refractivity contribution in [3.05, 3.63) is 34.9 Å². The van der Waals surface area contributed by atoms with E-state index in [1.54, 1.807) is 19.1 Å². The predicted molar refractivity (Wildman–Crippen MR) is 74.7 cm³/mol. The van der Waals surface area contributed by atoms with E-state index in [-0.39, 0.29) is 31.8 Å². The third kappa shape index (κ3) is 3.02. The summed E-state index contributed by atoms with van der Waals surface area (Å²) in [5.41, 5.74) is -0.358. The van der Waals surface area contributed by atoms with Gasteiger partial charge in [0, 0.05) is 11.4 Å². The Morgan fingerprint density at radius 1 is 1.40 bits per heavy atom. The average molecular weight is 297 g/mol. The van der Waals surface area contributed by atoms with E-state index in [9.17, 15) is 9.59 Å². The lowest BCUT2D eigenvalue weighted by Gasteiger charge is -2.33. The molecule has 1 aromatic carbocycles. The highest BCUT2D eigenvalue weighted by Gasteiger charge is 2.48. The average Bonchev–Trinajstić information content (AvgIpc) is 2.44. The molecule has 0 amide bonds. The normalized spacial score (nSPS) is 22.6. The Balaban J connectivity index is 2.28. The highest BCUT2D eigenvalue weighted by molar-refractivity contribution is 6.30. The van der Waals surface area contributed by atoms with Crippen LogP contribution in [0.4, 0.5) is 0 Å². The quantitative estimate of drug-likeness (QED) is 0.632. The number of rotatable bonds is 4. The van der Waals surface area contributed by atoms with E-state index in [1.165, 1.54) is 0 Å². The molecular weight excluding hydrogens is 280 g/mol. The molecule has 0 saturated carbocycles. The highest BCUT2D eigenvalue weighted by atomic mass is 35.5. The van der Waals surface area contributed by atoms with Gasteiger partial charge in [-0.1, -0.05) is 23.7 Å². The number of hydrogen-bond donors (Lipinski definition) is 0. The van der Waals surface area contributed by atoms with Gasteiger partial charge in [-0.3, -0.25) is 9.59 Å². The first kappa shape index (κ1) is 15.0. The highest BCUT2D eigenvalue weighted by Crippen LogP contribution is 2.31. The Labute approximate surface area is 123 Å². The molecule has 4 nitrogen and oxygen atoms in total. The summed E-state index contributed by atoms with van der Waals surface area (Å²) in [5.74, 6) is -0.614. The number of hydrogen-bond acceptors (Lipinski definition) is 4. The number of ether oxygens (including phenoxy) is 2. The number of esters is 1. The van der Waals surface area contributed by atoms with Gasteiger partial charge in [-0.05, 0) is 31.0 Å². The number of benzene rings is 1. The number of carbonyl (C=O) groups is 2. The molecule has 0 aromatic heterocycles. The molecular formula is C15H17ClO4. The Kier molecular flexibility index (Phi) is 4.78. The van der Waals surface area contributed by atoms with Crippen molar-refractivity contribution >= 4 is 23.4 Å². The summed E-state index contributed by atoms with van der Waals surface area (Å²) in [7, 11) is 0. The molecule has 2 rings (SSSR count). The van der Waals surface area contributed by atoms with Gasteiger partial charge >= 0.3 is 5.97 Å². The van der Waals surface area contributed by atoms with Crippen LogP contribution in [0, 0.1) is 5.41 Å². The predicted octanol–water partition coefficient (Wildman–Crippen LogP) is 2.42. The molecule has 1 aliphatic heterocycles. The first-order chi connectivity index (χ1) is 9.58. The van der Waals surface area contributed by atoms with Crippen LogP contribution in [-0.4, -0.2) is 31.6 Å². The minimum absolute atomic E-state index is 0.0767. The lowest BCUT2D eigenvalue weighted by Crippen LogP contribution is -2.49. The van der Waals surface area contributed by atoms with E-state index in [0.717, 1.165) is 5.56 Å². The minimum atomic E-state index is -1.22. The van der Waals surface area contributed by atoms with Crippen LogP contribution in [0.1, 0.15) is 18.9 Å². The Morgan fingerprint density at radius 3 is 2.70 bits per heavy atom. The maximum atomic E-state index is 12.3. The minimum Gasteiger partial charge on any atom is -0.465 e. The van der Waals surface area contributed by atoms with Crippen LogP contribution in [0.15, 0.2) is 24.3 Å². The summed E-state index contributed by atoms with van der Waals surface area (Å²) in [4.78, 5) is 24.5. The maximum Gasteiger partial charge on any atom is 0.322 e. The van der Waals surface area contributed by atoms with Gasteiger partial charge in [0.15, 0.2) is 11.2 Å². The second-order valence-electron chi connectivity index (χ2n) is 4.83. The van der Waals surface area contributed by atoms with E-state index in [4.69, 9.17) is 21.1 Å². The molecule has 0 bridgehead atoms. The first-order valence-electron chi connectivity index (χ1n) is 6.61. The smallest absolute Gasteiger partial charge is 0.322 e. The monoisotopic (exact) mass is 296 g/mol. The summed E-state index contributed by atoms with van der Waals surface area (Å²) >= 11 is 5.85. The number of Topliss-reactive ketones (excluding diaryl/α,β-unsaturated/α-hetero) is 1. The third-order valence-corrected chi connectivity index (χ3v) is 3.69. The van der Waals surface area contributed by atoms with E-state index in [1.807, 2.05) is 12.1 Å². The number of halogens is 1. The van der Waals surface area contributed by atoms with Crippen molar-refractivity contribution in [3.8, 4) is 0 Å². The molecule has 5 heteroatoms. The second-order valence-corrected chi connectivity index (χ2v) is 5.27. The zero-order valence-corrected chi connectivity index (χ0v) is 12.1. The van der Waals surface area contributed by atoms with Crippen LogP contribution in [-0.2, 0) is 25.5 Å². The van der Waals surface area contributed by atoms with Crippen molar-refractivity contribution in [1.82, 2.24) is 0 Å². The Bertz CT molecular complexity index is 497. The molecule has 0 N–H and O–H groups in total. The summed E-state index contributed by atoms with van der Waals surface area (Å²) in [6.07, 6.45) is 0.522. The van der Waals surface area contributed by atoms with E-state index in [2.05, 4.69) is 0 Å². The fraction of sp³-hybridized carbons (Fsp3) is 0.467. The zero-order chi connectivity index (χ0) is 14.6. The molecule has 1 unspecified atom stereocenters. The summed E-state index contributed by atoms with van der Waals surface area (Å²) in [6, 6.07) is 7.10. The first-order valence-corrected chi connectivity index (χ1v) is 6.99. The molecule has 1 heterocycles. The van der Waals surface area contributed by atoms with Gasteiger partial charge in [-0.15, -0.1) is 0 Å². The molecule has 1 aromatic rings. The van der Waals surface area contributed by atoms with Crippen molar-refractivity contribution < 1.29 is 19.1 Å². The Morgan fingerprint density at radius 2 is 2.10 bits per heavy atom. The molecule has 108 valence electrons. The second kappa shape index (κ2) is 6.37. The van der Waals surface area contributed by atoms with Gasteiger partial charge < -0.3 is 9.47 Å². The van der Waals surface area contributed by atoms with Gasteiger partial charge in [-0.2, -0.15) is 0 Å². The molecule has 20 heavy (non-hydrogen) atoms. The zero-order valence-electron chi connectivity index (χ0n) is 11.4. The van der Waals surface area contributed by atoms with Crippen molar-refractivity contribution in [2.24, 2.45) is 5.41 Å². The van der Waals surface area contributed by atoms with Gasteiger partial charge in [0.2, 0.25) is 0 Å². The van der Waals surface area contributed by atoms with Crippen LogP contribution in [0.2, 0.25) is 5.02 Å². The lowest BCUT2D eigenvalue weighted by molar-refractivity contribution is -0.169. The van der Waals surface area contributed by atoms with Crippen molar-refractivity contribution in [2.45, 2.75) is 19.8 Å². The maximum absolute atomic E-state index is 12.3. The van der Waals surface area contributed by atoms with Gasteiger partial charge in [0.1, 0.15) is 0 Å². The fourth-order valence-corrected chi connectivity index (χ4v) is 2.47. The molecule has 1 aliphatic rings. The van der Waals surface area contributed by atoms with Crippen LogP contribution in [0.3, 0.4) is 0 Å². The molecule has 0 aliphatic carbocycles. The van der Waals surface area contributed by atoms with Crippen molar-refractivity contribution in [1.29, 1.82) is 0 Å². The van der Waals surface area contributed by atoms with Crippen LogP contribution >= 0.6 is 11.6 Å². The van der Waals surface area contributed by atoms with Crippen molar-refractivity contribution in [3.63, 3.8) is 0 Å².